The molecule has 2 aromatic carbocycles. The van der Waals surface area contributed by atoms with Gasteiger partial charge in [-0.15, -0.1) is 12.4 Å². The molecule has 26 heavy (non-hydrogen) atoms. The van der Waals surface area contributed by atoms with Crippen molar-refractivity contribution < 1.29 is 14.3 Å². The summed E-state index contributed by atoms with van der Waals surface area (Å²) in [6.07, 6.45) is 2.04. The van der Waals surface area contributed by atoms with E-state index < -0.39 is 0 Å². The van der Waals surface area contributed by atoms with Gasteiger partial charge in [0.05, 0.1) is 19.4 Å². The molecule has 2 aromatic rings. The molecule has 0 spiro atoms. The van der Waals surface area contributed by atoms with E-state index in [-0.39, 0.29) is 18.3 Å². The Kier molecular flexibility index (Phi) is 8.79. The second-order valence-corrected chi connectivity index (χ2v) is 6.08. The molecule has 0 aliphatic carbocycles. The number of unbranched alkanes of at least 4 members (excludes halogenated alkanes) is 1. The number of anilines is 2. The van der Waals surface area contributed by atoms with Crippen molar-refractivity contribution in [3.05, 3.63) is 47.5 Å². The number of halogens is 1. The highest BCUT2D eigenvalue weighted by Crippen LogP contribution is 2.24. The van der Waals surface area contributed by atoms with Crippen molar-refractivity contribution in [2.24, 2.45) is 0 Å². The van der Waals surface area contributed by atoms with Crippen LogP contribution in [0, 0.1) is 13.8 Å². The van der Waals surface area contributed by atoms with Crippen LogP contribution in [0.25, 0.3) is 0 Å². The molecule has 0 fully saturated rings. The number of carbonyl (C=O) groups excluding carboxylic acids is 1. The van der Waals surface area contributed by atoms with Crippen LogP contribution in [0.15, 0.2) is 36.4 Å². The monoisotopic (exact) mass is 378 g/mol. The number of carbonyl (C=O) groups is 1. The van der Waals surface area contributed by atoms with E-state index in [0.29, 0.717) is 30.2 Å². The Hall–Kier alpha value is -2.40. The molecular weight excluding hydrogens is 352 g/mol. The summed E-state index contributed by atoms with van der Waals surface area (Å²) in [5, 5.41) is 2.84. The predicted molar refractivity (Wildman–Crippen MR) is 109 cm³/mol. The number of hydrogen-bond donors (Lipinski definition) is 2. The van der Waals surface area contributed by atoms with Gasteiger partial charge in [-0.3, -0.25) is 4.79 Å². The van der Waals surface area contributed by atoms with Gasteiger partial charge in [0.25, 0.3) is 0 Å². The molecule has 0 radical (unpaired) electrons. The Balaban J connectivity index is 0.00000338. The lowest BCUT2D eigenvalue weighted by Crippen LogP contribution is -2.12. The molecule has 1 amide bonds. The highest BCUT2D eigenvalue weighted by atomic mass is 35.5. The number of amides is 1. The van der Waals surface area contributed by atoms with E-state index >= 15 is 0 Å². The number of hydrogen-bond acceptors (Lipinski definition) is 4. The zero-order chi connectivity index (χ0) is 18.2. The molecule has 0 aliphatic heterocycles. The first-order valence-corrected chi connectivity index (χ1v) is 8.43. The number of rotatable bonds is 8. The Bertz CT molecular complexity index is 735. The van der Waals surface area contributed by atoms with Crippen molar-refractivity contribution in [1.29, 1.82) is 0 Å². The molecule has 0 saturated carbocycles. The fourth-order valence-corrected chi connectivity index (χ4v) is 2.47. The normalized spacial score (nSPS) is 9.96. The van der Waals surface area contributed by atoms with E-state index in [1.54, 1.807) is 25.3 Å². The van der Waals surface area contributed by atoms with E-state index in [9.17, 15) is 4.79 Å². The topological polar surface area (TPSA) is 73.6 Å². The van der Waals surface area contributed by atoms with Gasteiger partial charge in [0.1, 0.15) is 11.5 Å². The molecule has 142 valence electrons. The second-order valence-electron chi connectivity index (χ2n) is 6.08. The Morgan fingerprint density at radius 1 is 1.08 bits per heavy atom. The van der Waals surface area contributed by atoms with Gasteiger partial charge in [0.15, 0.2) is 0 Å². The number of ether oxygens (including phenoxy) is 2. The van der Waals surface area contributed by atoms with E-state index in [4.69, 9.17) is 15.2 Å². The number of nitrogen functional groups attached to an aromatic ring is 1. The minimum Gasteiger partial charge on any atom is -0.495 e. The van der Waals surface area contributed by atoms with Crippen molar-refractivity contribution in [2.45, 2.75) is 33.1 Å². The Morgan fingerprint density at radius 2 is 1.85 bits per heavy atom. The third-order valence-electron chi connectivity index (χ3n) is 3.91. The number of methoxy groups -OCH3 is 1. The van der Waals surface area contributed by atoms with Gasteiger partial charge in [-0.1, -0.05) is 12.1 Å². The van der Waals surface area contributed by atoms with Crippen LogP contribution in [0.2, 0.25) is 0 Å². The molecule has 6 heteroatoms. The average molecular weight is 379 g/mol. The first kappa shape index (κ1) is 21.6. The average Bonchev–Trinajstić information content (AvgIpc) is 2.57. The van der Waals surface area contributed by atoms with Crippen LogP contribution in [0.1, 0.15) is 30.4 Å². The highest BCUT2D eigenvalue weighted by molar-refractivity contribution is 5.91. The summed E-state index contributed by atoms with van der Waals surface area (Å²) in [7, 11) is 1.56. The summed E-state index contributed by atoms with van der Waals surface area (Å²) < 4.78 is 10.9. The van der Waals surface area contributed by atoms with Crippen LogP contribution >= 0.6 is 12.4 Å². The van der Waals surface area contributed by atoms with E-state index in [1.165, 1.54) is 5.56 Å². The van der Waals surface area contributed by atoms with Crippen molar-refractivity contribution in [3.63, 3.8) is 0 Å². The molecule has 0 aromatic heterocycles. The van der Waals surface area contributed by atoms with E-state index in [2.05, 4.69) is 17.4 Å². The predicted octanol–water partition coefficient (Wildman–Crippen LogP) is 4.50. The van der Waals surface area contributed by atoms with Gasteiger partial charge >= 0.3 is 0 Å². The van der Waals surface area contributed by atoms with Crippen molar-refractivity contribution in [3.8, 4) is 11.5 Å². The molecule has 5 nitrogen and oxygen atoms in total. The molecule has 0 aliphatic rings. The van der Waals surface area contributed by atoms with Crippen LogP contribution in [0.4, 0.5) is 11.4 Å². The summed E-state index contributed by atoms with van der Waals surface area (Å²) in [5.74, 6) is 1.48. The number of benzene rings is 2. The molecule has 2 rings (SSSR count). The second kappa shape index (κ2) is 10.6. The number of nitrogens with two attached hydrogens (primary N) is 1. The van der Waals surface area contributed by atoms with Gasteiger partial charge in [-0.2, -0.15) is 0 Å². The van der Waals surface area contributed by atoms with Gasteiger partial charge in [0, 0.05) is 12.1 Å². The van der Waals surface area contributed by atoms with Crippen molar-refractivity contribution in [1.82, 2.24) is 0 Å². The van der Waals surface area contributed by atoms with Crippen molar-refractivity contribution in [2.75, 3.05) is 24.8 Å². The molecular formula is C20H27ClN2O3. The first-order valence-electron chi connectivity index (χ1n) is 8.43. The third-order valence-corrected chi connectivity index (χ3v) is 3.91. The van der Waals surface area contributed by atoms with Crippen LogP contribution in [0.3, 0.4) is 0 Å². The maximum Gasteiger partial charge on any atom is 0.224 e. The van der Waals surface area contributed by atoms with Crippen LogP contribution in [-0.4, -0.2) is 19.6 Å². The quantitative estimate of drug-likeness (QED) is 0.523. The maximum atomic E-state index is 12.0. The van der Waals surface area contributed by atoms with Crippen LogP contribution in [0.5, 0.6) is 11.5 Å². The minimum absolute atomic E-state index is 0. The molecule has 0 unspecified atom stereocenters. The standard InChI is InChI=1S/C20H26N2O3.ClH/c1-14-7-8-15(2)19(12-14)25-11-5-4-6-20(23)22-16-9-10-18(24-3)17(21)13-16;/h7-10,12-13H,4-6,11,21H2,1-3H3,(H,22,23);1H. The summed E-state index contributed by atoms with van der Waals surface area (Å²) in [6.45, 7) is 4.68. The summed E-state index contributed by atoms with van der Waals surface area (Å²) in [6, 6.07) is 11.4. The summed E-state index contributed by atoms with van der Waals surface area (Å²) in [4.78, 5) is 12.0. The smallest absolute Gasteiger partial charge is 0.224 e. The first-order chi connectivity index (χ1) is 12.0. The Morgan fingerprint density at radius 3 is 2.54 bits per heavy atom. The summed E-state index contributed by atoms with van der Waals surface area (Å²) >= 11 is 0. The molecule has 0 bridgehead atoms. The SMILES string of the molecule is COc1ccc(NC(=O)CCCCOc2cc(C)ccc2C)cc1N.Cl. The van der Waals surface area contributed by atoms with Gasteiger partial charge < -0.3 is 20.5 Å². The summed E-state index contributed by atoms with van der Waals surface area (Å²) in [5.41, 5.74) is 9.32. The minimum atomic E-state index is -0.0312. The highest BCUT2D eigenvalue weighted by Gasteiger charge is 2.06. The van der Waals surface area contributed by atoms with E-state index in [0.717, 1.165) is 24.2 Å². The lowest BCUT2D eigenvalue weighted by atomic mass is 10.1. The number of aryl methyl sites for hydroxylation is 2. The zero-order valence-electron chi connectivity index (χ0n) is 15.5. The Labute approximate surface area is 161 Å². The fourth-order valence-electron chi connectivity index (χ4n) is 2.47. The van der Waals surface area contributed by atoms with Crippen molar-refractivity contribution >= 4 is 29.7 Å². The largest absolute Gasteiger partial charge is 0.495 e. The lowest BCUT2D eigenvalue weighted by molar-refractivity contribution is -0.116. The maximum absolute atomic E-state index is 12.0. The van der Waals surface area contributed by atoms with Gasteiger partial charge in [-0.25, -0.2) is 0 Å². The lowest BCUT2D eigenvalue weighted by Gasteiger charge is -2.10. The van der Waals surface area contributed by atoms with Gasteiger partial charge in [0.2, 0.25) is 5.91 Å². The third kappa shape index (κ3) is 6.48. The van der Waals surface area contributed by atoms with Gasteiger partial charge in [-0.05, 0) is 62.1 Å². The zero-order valence-corrected chi connectivity index (χ0v) is 16.3. The molecule has 0 atom stereocenters. The number of nitrogens with one attached hydrogen (secondary N) is 1. The van der Waals surface area contributed by atoms with E-state index in [1.807, 2.05) is 19.9 Å². The molecule has 0 heterocycles. The molecule has 0 saturated heterocycles. The van der Waals surface area contributed by atoms with Crippen LogP contribution in [-0.2, 0) is 4.79 Å². The van der Waals surface area contributed by atoms with Crippen LogP contribution < -0.4 is 20.5 Å². The fraction of sp³-hybridized carbons (Fsp3) is 0.350. The molecule has 3 N–H and O–H groups in total.